The largest absolute Gasteiger partial charge is 0.297 e. The first-order valence-corrected chi connectivity index (χ1v) is 7.42. The van der Waals surface area contributed by atoms with Gasteiger partial charge < -0.3 is 0 Å². The molecule has 1 aromatic heterocycles. The molecule has 94 valence electrons. The van der Waals surface area contributed by atoms with E-state index in [0.717, 1.165) is 5.56 Å². The Morgan fingerprint density at radius 3 is 2.74 bits per heavy atom. The van der Waals surface area contributed by atoms with E-state index >= 15 is 0 Å². The van der Waals surface area contributed by atoms with Crippen LogP contribution < -0.4 is 0 Å². The minimum absolute atomic E-state index is 0.0196. The first-order valence-electron chi connectivity index (χ1n) is 5.72. The molecular formula is C14H10N2OS2. The van der Waals surface area contributed by atoms with Gasteiger partial charge >= 0.3 is 0 Å². The van der Waals surface area contributed by atoms with Crippen LogP contribution in [0.3, 0.4) is 0 Å². The molecule has 0 bridgehead atoms. The second-order valence-electron chi connectivity index (χ2n) is 4.05. The van der Waals surface area contributed by atoms with E-state index in [1.54, 1.807) is 6.20 Å². The third-order valence-corrected chi connectivity index (χ3v) is 4.62. The van der Waals surface area contributed by atoms with Crippen molar-refractivity contribution in [2.45, 2.75) is 5.92 Å². The fourth-order valence-electron chi connectivity index (χ4n) is 1.89. The molecule has 0 unspecified atom stereocenters. The molecule has 5 heteroatoms. The van der Waals surface area contributed by atoms with E-state index in [1.165, 1.54) is 23.1 Å². The number of thioether (sulfide) groups is 1. The minimum atomic E-state index is -0.500. The van der Waals surface area contributed by atoms with Gasteiger partial charge in [0.05, 0.1) is 9.95 Å². The fraction of sp³-hybridized carbons (Fsp3) is 0.0714. The lowest BCUT2D eigenvalue weighted by Crippen LogP contribution is -2.11. The van der Waals surface area contributed by atoms with E-state index in [4.69, 9.17) is 5.41 Å². The molecule has 19 heavy (non-hydrogen) atoms. The Labute approximate surface area is 118 Å². The molecule has 1 aliphatic rings. The highest BCUT2D eigenvalue weighted by molar-refractivity contribution is 8.19. The van der Waals surface area contributed by atoms with Gasteiger partial charge in [-0.3, -0.25) is 10.2 Å². The third-order valence-electron chi connectivity index (χ3n) is 2.78. The van der Waals surface area contributed by atoms with Gasteiger partial charge in [-0.05, 0) is 11.6 Å². The van der Waals surface area contributed by atoms with Gasteiger partial charge in [0.15, 0.2) is 5.78 Å². The lowest BCUT2D eigenvalue weighted by molar-refractivity contribution is -0.114. The van der Waals surface area contributed by atoms with Crippen LogP contribution in [-0.4, -0.2) is 15.8 Å². The van der Waals surface area contributed by atoms with Crippen LogP contribution in [-0.2, 0) is 4.79 Å². The average molecular weight is 286 g/mol. The average Bonchev–Trinajstić information content (AvgIpc) is 3.01. The fourth-order valence-corrected chi connectivity index (χ4v) is 3.70. The zero-order chi connectivity index (χ0) is 13.2. The standard InChI is InChI=1S/C14H10N2OS2/c15-13-11(14-16-6-7-18-14)12(17)10(19-13)8-9-4-2-1-3-5-9/h1-8,11,15H/b10-8-,15-13?/t11-/m0/s1. The summed E-state index contributed by atoms with van der Waals surface area (Å²) >= 11 is 2.66. The van der Waals surface area contributed by atoms with E-state index in [0.29, 0.717) is 15.0 Å². The Morgan fingerprint density at radius 2 is 2.05 bits per heavy atom. The maximum atomic E-state index is 12.4. The molecule has 1 aromatic carbocycles. The summed E-state index contributed by atoms with van der Waals surface area (Å²) in [6.45, 7) is 0. The highest BCUT2D eigenvalue weighted by Gasteiger charge is 2.38. The Morgan fingerprint density at radius 1 is 1.26 bits per heavy atom. The summed E-state index contributed by atoms with van der Waals surface area (Å²) in [6, 6.07) is 9.69. The van der Waals surface area contributed by atoms with Gasteiger partial charge in [0.1, 0.15) is 10.9 Å². The van der Waals surface area contributed by atoms with Crippen LogP contribution in [0, 0.1) is 5.41 Å². The first kappa shape index (κ1) is 12.3. The van der Waals surface area contributed by atoms with Crippen molar-refractivity contribution in [2.75, 3.05) is 0 Å². The topological polar surface area (TPSA) is 53.8 Å². The third kappa shape index (κ3) is 2.39. The van der Waals surface area contributed by atoms with Crippen molar-refractivity contribution in [3.8, 4) is 0 Å². The van der Waals surface area contributed by atoms with Gasteiger partial charge in [-0.1, -0.05) is 42.1 Å². The Balaban J connectivity index is 1.93. The molecule has 1 saturated heterocycles. The summed E-state index contributed by atoms with van der Waals surface area (Å²) in [4.78, 5) is 17.1. The highest BCUT2D eigenvalue weighted by Crippen LogP contribution is 2.41. The van der Waals surface area contributed by atoms with E-state index in [1.807, 2.05) is 41.8 Å². The van der Waals surface area contributed by atoms with Crippen molar-refractivity contribution in [1.82, 2.24) is 4.98 Å². The molecule has 0 amide bonds. The number of hydrogen-bond donors (Lipinski definition) is 1. The van der Waals surface area contributed by atoms with Gasteiger partial charge in [-0.25, -0.2) is 4.98 Å². The summed E-state index contributed by atoms with van der Waals surface area (Å²) < 4.78 is 0. The lowest BCUT2D eigenvalue weighted by Gasteiger charge is -2.01. The number of benzene rings is 1. The van der Waals surface area contributed by atoms with E-state index in [2.05, 4.69) is 4.98 Å². The van der Waals surface area contributed by atoms with E-state index in [-0.39, 0.29) is 5.78 Å². The summed E-state index contributed by atoms with van der Waals surface area (Å²) in [6.07, 6.45) is 3.51. The Bertz CT molecular complexity index is 647. The number of hydrogen-bond acceptors (Lipinski definition) is 5. The molecule has 3 nitrogen and oxygen atoms in total. The molecule has 2 heterocycles. The SMILES string of the molecule is N=C1S/C(=C\c2ccccc2)C(=O)[C@@H]1c1nccs1. The normalized spacial score (nSPS) is 21.3. The number of aromatic nitrogens is 1. The predicted octanol–water partition coefficient (Wildman–Crippen LogP) is 3.56. The van der Waals surface area contributed by atoms with Gasteiger partial charge in [0, 0.05) is 11.6 Å². The molecule has 3 rings (SSSR count). The van der Waals surface area contributed by atoms with Crippen molar-refractivity contribution < 1.29 is 4.79 Å². The molecule has 1 N–H and O–H groups in total. The van der Waals surface area contributed by atoms with Crippen LogP contribution >= 0.6 is 23.1 Å². The van der Waals surface area contributed by atoms with Gasteiger partial charge in [0.25, 0.3) is 0 Å². The monoisotopic (exact) mass is 286 g/mol. The molecule has 1 atom stereocenters. The molecule has 1 aliphatic heterocycles. The first-order chi connectivity index (χ1) is 9.25. The number of Topliss-reactive ketones (excluding diaryl/α,β-unsaturated/α-hetero) is 1. The molecule has 0 spiro atoms. The van der Waals surface area contributed by atoms with Crippen molar-refractivity contribution in [2.24, 2.45) is 0 Å². The van der Waals surface area contributed by atoms with Crippen LogP contribution in [0.1, 0.15) is 16.5 Å². The Kier molecular flexibility index (Phi) is 3.31. The van der Waals surface area contributed by atoms with Gasteiger partial charge in [0.2, 0.25) is 0 Å². The zero-order valence-corrected chi connectivity index (χ0v) is 11.5. The van der Waals surface area contributed by atoms with Crippen LogP contribution in [0.15, 0.2) is 46.8 Å². The zero-order valence-electron chi connectivity index (χ0n) is 9.87. The van der Waals surface area contributed by atoms with Crippen molar-refractivity contribution in [3.05, 3.63) is 57.4 Å². The van der Waals surface area contributed by atoms with E-state index < -0.39 is 5.92 Å². The predicted molar refractivity (Wildman–Crippen MR) is 79.6 cm³/mol. The second-order valence-corrected chi connectivity index (χ2v) is 6.06. The van der Waals surface area contributed by atoms with Crippen molar-refractivity contribution in [3.63, 3.8) is 0 Å². The van der Waals surface area contributed by atoms with Crippen LogP contribution in [0.5, 0.6) is 0 Å². The number of ketones is 1. The molecule has 1 fully saturated rings. The van der Waals surface area contributed by atoms with Gasteiger partial charge in [-0.2, -0.15) is 0 Å². The maximum absolute atomic E-state index is 12.4. The van der Waals surface area contributed by atoms with E-state index in [9.17, 15) is 4.79 Å². The quantitative estimate of drug-likeness (QED) is 0.859. The van der Waals surface area contributed by atoms with Crippen molar-refractivity contribution in [1.29, 1.82) is 5.41 Å². The number of carbonyl (C=O) groups is 1. The number of carbonyl (C=O) groups excluding carboxylic acids is 1. The maximum Gasteiger partial charge on any atom is 0.186 e. The molecule has 0 aliphatic carbocycles. The number of nitrogens with zero attached hydrogens (tertiary/aromatic N) is 1. The highest BCUT2D eigenvalue weighted by atomic mass is 32.2. The number of allylic oxidation sites excluding steroid dienone is 1. The summed E-state index contributed by atoms with van der Waals surface area (Å²) in [7, 11) is 0. The number of rotatable bonds is 2. The van der Waals surface area contributed by atoms with Crippen LogP contribution in [0.25, 0.3) is 6.08 Å². The van der Waals surface area contributed by atoms with Crippen LogP contribution in [0.2, 0.25) is 0 Å². The number of thiazole rings is 1. The second kappa shape index (κ2) is 5.11. The molecule has 0 saturated carbocycles. The molecule has 0 radical (unpaired) electrons. The van der Waals surface area contributed by atoms with Crippen LogP contribution in [0.4, 0.5) is 0 Å². The molecular weight excluding hydrogens is 276 g/mol. The minimum Gasteiger partial charge on any atom is -0.297 e. The Hall–Kier alpha value is -1.72. The summed E-state index contributed by atoms with van der Waals surface area (Å²) in [5, 5.41) is 10.9. The smallest absolute Gasteiger partial charge is 0.186 e. The summed E-state index contributed by atoms with van der Waals surface area (Å²) in [5.41, 5.74) is 0.978. The molecule has 2 aromatic rings. The van der Waals surface area contributed by atoms with Crippen molar-refractivity contribution >= 4 is 40.0 Å². The summed E-state index contributed by atoms with van der Waals surface area (Å²) in [5.74, 6) is -0.520. The van der Waals surface area contributed by atoms with Gasteiger partial charge in [-0.15, -0.1) is 11.3 Å². The number of nitrogens with one attached hydrogen (secondary N) is 1. The lowest BCUT2D eigenvalue weighted by atomic mass is 10.1.